The second-order valence-electron chi connectivity index (χ2n) is 4.07. The van der Waals surface area contributed by atoms with E-state index in [2.05, 4.69) is 5.32 Å². The van der Waals surface area contributed by atoms with Gasteiger partial charge < -0.3 is 11.1 Å². The third-order valence-electron chi connectivity index (χ3n) is 2.70. The zero-order chi connectivity index (χ0) is 14.3. The van der Waals surface area contributed by atoms with Gasteiger partial charge in [-0.25, -0.2) is 8.78 Å². The van der Waals surface area contributed by atoms with Crippen LogP contribution in [-0.2, 0) is 0 Å². The molecule has 0 saturated carbocycles. The average molecular weight is 310 g/mol. The second kappa shape index (κ2) is 4.84. The Labute approximate surface area is 120 Å². The van der Waals surface area contributed by atoms with Gasteiger partial charge >= 0.3 is 0 Å². The molecule has 2 aromatic heterocycles. The van der Waals surface area contributed by atoms with Gasteiger partial charge in [0.1, 0.15) is 11.6 Å². The van der Waals surface area contributed by atoms with E-state index in [-0.39, 0.29) is 11.4 Å². The number of hydrogen-bond donors (Lipinski definition) is 2. The minimum Gasteiger partial charge on any atom is -0.396 e. The molecule has 0 bridgehead atoms. The monoisotopic (exact) mass is 310 g/mol. The summed E-state index contributed by atoms with van der Waals surface area (Å²) in [6, 6.07) is 5.37. The molecule has 3 aromatic rings. The quantitative estimate of drug-likeness (QED) is 0.701. The largest absolute Gasteiger partial charge is 0.396 e. The van der Waals surface area contributed by atoms with Gasteiger partial charge in [-0.05, 0) is 23.6 Å². The molecule has 3 N–H and O–H groups in total. The average Bonchev–Trinajstić information content (AvgIpc) is 2.96. The van der Waals surface area contributed by atoms with Gasteiger partial charge in [0.25, 0.3) is 5.91 Å². The molecule has 0 aliphatic carbocycles. The zero-order valence-corrected chi connectivity index (χ0v) is 11.6. The number of thiophene rings is 2. The third-order valence-corrected chi connectivity index (χ3v) is 4.79. The highest BCUT2D eigenvalue weighted by atomic mass is 32.1. The van der Waals surface area contributed by atoms with Gasteiger partial charge in [-0.15, -0.1) is 22.7 Å². The van der Waals surface area contributed by atoms with Crippen LogP contribution in [-0.4, -0.2) is 5.91 Å². The highest BCUT2D eigenvalue weighted by Gasteiger charge is 2.14. The Morgan fingerprint density at radius 1 is 1.15 bits per heavy atom. The standard InChI is InChI=1S/C13H8F2N2OS2/c14-6-3-7(15)9(4-8(6)16)17-13(18)12-5-11-10(20-12)1-2-19-11/h1-5H,16H2,(H,17,18). The molecule has 2 heterocycles. The van der Waals surface area contributed by atoms with Crippen LogP contribution in [0, 0.1) is 11.6 Å². The number of anilines is 2. The smallest absolute Gasteiger partial charge is 0.265 e. The summed E-state index contributed by atoms with van der Waals surface area (Å²) in [5.74, 6) is -2.15. The number of nitrogens with two attached hydrogens (primary N) is 1. The Hall–Kier alpha value is -1.99. The summed E-state index contributed by atoms with van der Waals surface area (Å²) in [6.07, 6.45) is 0. The van der Waals surface area contributed by atoms with E-state index in [4.69, 9.17) is 5.73 Å². The van der Waals surface area contributed by atoms with Crippen LogP contribution >= 0.6 is 22.7 Å². The number of amides is 1. The highest BCUT2D eigenvalue weighted by Crippen LogP contribution is 2.31. The first kappa shape index (κ1) is 13.0. The van der Waals surface area contributed by atoms with Crippen molar-refractivity contribution in [1.29, 1.82) is 0 Å². The molecule has 0 saturated heterocycles. The number of hydrogen-bond acceptors (Lipinski definition) is 4. The van der Waals surface area contributed by atoms with Crippen molar-refractivity contribution in [3.63, 3.8) is 0 Å². The fourth-order valence-electron chi connectivity index (χ4n) is 1.72. The fourth-order valence-corrected chi connectivity index (χ4v) is 3.73. The van der Waals surface area contributed by atoms with Crippen molar-refractivity contribution in [2.75, 3.05) is 11.1 Å². The molecule has 0 aliphatic heterocycles. The fraction of sp³-hybridized carbons (Fsp3) is 0. The number of carbonyl (C=O) groups is 1. The number of carbonyl (C=O) groups excluding carboxylic acids is 1. The van der Waals surface area contributed by atoms with Gasteiger partial charge in [0.05, 0.1) is 16.3 Å². The van der Waals surface area contributed by atoms with E-state index < -0.39 is 17.5 Å². The Balaban J connectivity index is 1.89. The summed E-state index contributed by atoms with van der Waals surface area (Å²) in [5.41, 5.74) is 5.01. The molecule has 0 atom stereocenters. The highest BCUT2D eigenvalue weighted by molar-refractivity contribution is 7.27. The van der Waals surface area contributed by atoms with Gasteiger partial charge in [-0.3, -0.25) is 4.79 Å². The Morgan fingerprint density at radius 2 is 1.95 bits per heavy atom. The topological polar surface area (TPSA) is 55.1 Å². The van der Waals surface area contributed by atoms with Crippen molar-refractivity contribution in [3.05, 3.63) is 46.2 Å². The molecule has 7 heteroatoms. The summed E-state index contributed by atoms with van der Waals surface area (Å²) in [4.78, 5) is 12.5. The van der Waals surface area contributed by atoms with Crippen LogP contribution in [0.5, 0.6) is 0 Å². The Kier molecular flexibility index (Phi) is 3.15. The molecule has 20 heavy (non-hydrogen) atoms. The lowest BCUT2D eigenvalue weighted by Crippen LogP contribution is -2.12. The van der Waals surface area contributed by atoms with Crippen molar-refractivity contribution >= 4 is 49.4 Å². The maximum atomic E-state index is 13.5. The van der Waals surface area contributed by atoms with Crippen molar-refractivity contribution in [1.82, 2.24) is 0 Å². The maximum absolute atomic E-state index is 13.5. The van der Waals surface area contributed by atoms with Gasteiger partial charge in [0.2, 0.25) is 0 Å². The molecular weight excluding hydrogens is 302 g/mol. The van der Waals surface area contributed by atoms with Crippen molar-refractivity contribution in [2.24, 2.45) is 0 Å². The molecule has 0 unspecified atom stereocenters. The van der Waals surface area contributed by atoms with Gasteiger partial charge in [0.15, 0.2) is 0 Å². The van der Waals surface area contributed by atoms with E-state index in [0.717, 1.165) is 15.5 Å². The predicted octanol–water partition coefficient (Wildman–Crippen LogP) is 4.08. The summed E-state index contributed by atoms with van der Waals surface area (Å²) >= 11 is 2.84. The van der Waals surface area contributed by atoms with Gasteiger partial charge in [0, 0.05) is 15.5 Å². The lowest BCUT2D eigenvalue weighted by molar-refractivity contribution is 0.103. The van der Waals surface area contributed by atoms with Gasteiger partial charge in [-0.1, -0.05) is 0 Å². The summed E-state index contributed by atoms with van der Waals surface area (Å²) in [6.45, 7) is 0. The van der Waals surface area contributed by atoms with Gasteiger partial charge in [-0.2, -0.15) is 0 Å². The van der Waals surface area contributed by atoms with Crippen LogP contribution in [0.3, 0.4) is 0 Å². The summed E-state index contributed by atoms with van der Waals surface area (Å²) < 4.78 is 28.6. The number of fused-ring (bicyclic) bond motifs is 1. The van der Waals surface area contributed by atoms with E-state index in [0.29, 0.717) is 10.9 Å². The predicted molar refractivity (Wildman–Crippen MR) is 78.4 cm³/mol. The molecular formula is C13H8F2N2OS2. The van der Waals surface area contributed by atoms with E-state index in [9.17, 15) is 13.6 Å². The van der Waals surface area contributed by atoms with E-state index in [1.165, 1.54) is 22.7 Å². The maximum Gasteiger partial charge on any atom is 0.265 e. The normalized spacial score (nSPS) is 10.9. The van der Waals surface area contributed by atoms with Crippen LogP contribution in [0.2, 0.25) is 0 Å². The van der Waals surface area contributed by atoms with Crippen LogP contribution in [0.1, 0.15) is 9.67 Å². The SMILES string of the molecule is Nc1cc(NC(=O)c2cc3sccc3s2)c(F)cc1F. The lowest BCUT2D eigenvalue weighted by atomic mass is 10.2. The first-order chi connectivity index (χ1) is 9.54. The number of benzene rings is 1. The van der Waals surface area contributed by atoms with Crippen LogP contribution in [0.4, 0.5) is 20.2 Å². The van der Waals surface area contributed by atoms with Crippen LogP contribution in [0.15, 0.2) is 29.6 Å². The van der Waals surface area contributed by atoms with Crippen LogP contribution in [0.25, 0.3) is 9.40 Å². The van der Waals surface area contributed by atoms with Crippen molar-refractivity contribution in [3.8, 4) is 0 Å². The summed E-state index contributed by atoms with van der Waals surface area (Å²) in [5, 5.41) is 4.33. The Bertz CT molecular complexity index is 781. The molecule has 0 aliphatic rings. The lowest BCUT2D eigenvalue weighted by Gasteiger charge is -2.06. The van der Waals surface area contributed by atoms with E-state index in [1.807, 2.05) is 11.4 Å². The Morgan fingerprint density at radius 3 is 2.70 bits per heavy atom. The third kappa shape index (κ3) is 2.25. The molecule has 0 radical (unpaired) electrons. The number of nitrogens with one attached hydrogen (secondary N) is 1. The molecule has 1 aromatic carbocycles. The van der Waals surface area contributed by atoms with Crippen molar-refractivity contribution < 1.29 is 13.6 Å². The molecule has 3 rings (SSSR count). The molecule has 3 nitrogen and oxygen atoms in total. The molecule has 102 valence electrons. The molecule has 0 fully saturated rings. The van der Waals surface area contributed by atoms with E-state index in [1.54, 1.807) is 6.07 Å². The second-order valence-corrected chi connectivity index (χ2v) is 6.10. The minimum absolute atomic E-state index is 0.134. The number of rotatable bonds is 2. The first-order valence-corrected chi connectivity index (χ1v) is 7.27. The molecule has 1 amide bonds. The van der Waals surface area contributed by atoms with Crippen molar-refractivity contribution in [2.45, 2.75) is 0 Å². The van der Waals surface area contributed by atoms with Crippen LogP contribution < -0.4 is 11.1 Å². The molecule has 0 spiro atoms. The minimum atomic E-state index is -0.858. The number of halogens is 2. The first-order valence-electron chi connectivity index (χ1n) is 5.57. The zero-order valence-electron chi connectivity index (χ0n) is 9.94. The summed E-state index contributed by atoms with van der Waals surface area (Å²) in [7, 11) is 0. The number of nitrogen functional groups attached to an aromatic ring is 1. The van der Waals surface area contributed by atoms with E-state index >= 15 is 0 Å².